The Morgan fingerprint density at radius 3 is 2.81 bits per heavy atom. The van der Waals surface area contributed by atoms with E-state index >= 15 is 0 Å². The first-order chi connectivity index (χ1) is 12.8. The summed E-state index contributed by atoms with van der Waals surface area (Å²) in [6.07, 6.45) is 3.44. The third-order valence-corrected chi connectivity index (χ3v) is 4.80. The third kappa shape index (κ3) is 4.90. The van der Waals surface area contributed by atoms with E-state index in [9.17, 15) is 0 Å². The van der Waals surface area contributed by atoms with Crippen molar-refractivity contribution in [1.82, 2.24) is 4.98 Å². The van der Waals surface area contributed by atoms with Crippen LogP contribution in [0.5, 0.6) is 5.88 Å². The molecule has 3 rings (SSSR count). The van der Waals surface area contributed by atoms with Crippen LogP contribution in [-0.4, -0.2) is 29.9 Å². The number of anilines is 1. The fourth-order valence-corrected chi connectivity index (χ4v) is 3.07. The normalized spacial score (nSPS) is 12.1. The Kier molecular flexibility index (Phi) is 6.75. The molecule has 1 unspecified atom stereocenters. The number of ether oxygens (including phenoxy) is 1. The minimum absolute atomic E-state index is 0.0956. The van der Waals surface area contributed by atoms with E-state index in [4.69, 9.17) is 10.5 Å². The predicted molar refractivity (Wildman–Crippen MR) is 112 cm³/mol. The lowest BCUT2D eigenvalue weighted by atomic mass is 10.0. The molecule has 3 N–H and O–H groups in total. The van der Waals surface area contributed by atoms with Gasteiger partial charge in [-0.3, -0.25) is 0 Å². The molecule has 136 valence electrons. The molecule has 0 saturated carbocycles. The van der Waals surface area contributed by atoms with E-state index in [1.165, 1.54) is 16.3 Å². The second kappa shape index (κ2) is 9.46. The van der Waals surface area contributed by atoms with Crippen molar-refractivity contribution in [1.29, 1.82) is 0 Å². The minimum atomic E-state index is 0.0956. The molecule has 0 aliphatic carbocycles. The highest BCUT2D eigenvalue weighted by Crippen LogP contribution is 2.22. The van der Waals surface area contributed by atoms with Crippen LogP contribution in [0.15, 0.2) is 60.8 Å². The van der Waals surface area contributed by atoms with Gasteiger partial charge >= 0.3 is 0 Å². The molecule has 0 amide bonds. The summed E-state index contributed by atoms with van der Waals surface area (Å²) in [4.78, 5) is 4.36. The second-order valence-corrected chi connectivity index (χ2v) is 6.62. The van der Waals surface area contributed by atoms with Crippen molar-refractivity contribution in [2.45, 2.75) is 18.9 Å². The van der Waals surface area contributed by atoms with Crippen molar-refractivity contribution in [3.8, 4) is 5.88 Å². The molecule has 1 atom stereocenters. The molecule has 26 heavy (non-hydrogen) atoms. The van der Waals surface area contributed by atoms with Gasteiger partial charge in [-0.1, -0.05) is 42.5 Å². The van der Waals surface area contributed by atoms with Gasteiger partial charge in [0.1, 0.15) is 0 Å². The molecule has 4 nitrogen and oxygen atoms in total. The SMILES string of the molecule is NC(CS)CCNc1cccnc1OCCc1cccc2ccccc12. The highest BCUT2D eigenvalue weighted by atomic mass is 32.1. The molecule has 0 fully saturated rings. The number of hydrogen-bond acceptors (Lipinski definition) is 5. The number of nitrogens with two attached hydrogens (primary N) is 1. The van der Waals surface area contributed by atoms with Crippen molar-refractivity contribution in [3.63, 3.8) is 0 Å². The van der Waals surface area contributed by atoms with E-state index in [1.807, 2.05) is 12.1 Å². The summed E-state index contributed by atoms with van der Waals surface area (Å²) in [5.74, 6) is 1.32. The molecule has 0 radical (unpaired) electrons. The molecule has 0 aliphatic rings. The van der Waals surface area contributed by atoms with Crippen LogP contribution in [0.25, 0.3) is 10.8 Å². The van der Waals surface area contributed by atoms with Gasteiger partial charge < -0.3 is 15.8 Å². The van der Waals surface area contributed by atoms with Gasteiger partial charge in [-0.05, 0) is 34.9 Å². The molecule has 0 saturated heterocycles. The van der Waals surface area contributed by atoms with Crippen molar-refractivity contribution in [3.05, 3.63) is 66.4 Å². The number of thiol groups is 1. The van der Waals surface area contributed by atoms with Gasteiger partial charge in [0.15, 0.2) is 0 Å². The average Bonchev–Trinajstić information content (AvgIpc) is 2.69. The lowest BCUT2D eigenvalue weighted by Gasteiger charge is -2.14. The lowest BCUT2D eigenvalue weighted by Crippen LogP contribution is -2.25. The van der Waals surface area contributed by atoms with Crippen LogP contribution in [0.1, 0.15) is 12.0 Å². The first-order valence-corrected chi connectivity index (χ1v) is 9.56. The van der Waals surface area contributed by atoms with Gasteiger partial charge in [-0.15, -0.1) is 0 Å². The molecular formula is C21H25N3OS. The maximum absolute atomic E-state index is 5.95. The van der Waals surface area contributed by atoms with Crippen LogP contribution in [0, 0.1) is 0 Å². The number of nitrogens with zero attached hydrogens (tertiary/aromatic N) is 1. The maximum atomic E-state index is 5.95. The van der Waals surface area contributed by atoms with Crippen LogP contribution < -0.4 is 15.8 Å². The lowest BCUT2D eigenvalue weighted by molar-refractivity contribution is 0.311. The van der Waals surface area contributed by atoms with Crippen LogP contribution in [0.3, 0.4) is 0 Å². The number of hydrogen-bond donors (Lipinski definition) is 3. The highest BCUT2D eigenvalue weighted by molar-refractivity contribution is 7.80. The van der Waals surface area contributed by atoms with Crippen LogP contribution in [0.2, 0.25) is 0 Å². The fourth-order valence-electron chi connectivity index (χ4n) is 2.89. The standard InChI is InChI=1S/C21H25N3OS/c22-18(15-26)10-13-23-20-9-4-12-24-21(20)25-14-11-17-7-3-6-16-5-1-2-8-19(16)17/h1-9,12,18,23,26H,10-11,13-15,22H2. The van der Waals surface area contributed by atoms with Crippen LogP contribution >= 0.6 is 12.6 Å². The molecule has 3 aromatic rings. The number of aromatic nitrogens is 1. The summed E-state index contributed by atoms with van der Waals surface area (Å²) in [7, 11) is 0. The number of rotatable bonds is 9. The molecule has 1 aromatic heterocycles. The van der Waals surface area contributed by atoms with E-state index in [0.29, 0.717) is 18.2 Å². The largest absolute Gasteiger partial charge is 0.476 e. The monoisotopic (exact) mass is 367 g/mol. The predicted octanol–water partition coefficient (Wildman–Crippen LogP) is 3.92. The first-order valence-electron chi connectivity index (χ1n) is 8.92. The molecular weight excluding hydrogens is 342 g/mol. The summed E-state index contributed by atoms with van der Waals surface area (Å²) < 4.78 is 5.95. The van der Waals surface area contributed by atoms with Crippen LogP contribution in [0.4, 0.5) is 5.69 Å². The Hall–Kier alpha value is -2.24. The van der Waals surface area contributed by atoms with Crippen molar-refractivity contribution >= 4 is 29.1 Å². The Morgan fingerprint density at radius 2 is 1.92 bits per heavy atom. The van der Waals surface area contributed by atoms with E-state index in [1.54, 1.807) is 6.20 Å². The zero-order valence-corrected chi connectivity index (χ0v) is 15.7. The van der Waals surface area contributed by atoms with E-state index in [-0.39, 0.29) is 6.04 Å². The van der Waals surface area contributed by atoms with Gasteiger partial charge in [0.05, 0.1) is 12.3 Å². The number of fused-ring (bicyclic) bond motifs is 1. The third-order valence-electron chi connectivity index (χ3n) is 4.33. The quantitative estimate of drug-likeness (QED) is 0.502. The molecule has 0 spiro atoms. The number of nitrogens with one attached hydrogen (secondary N) is 1. The van der Waals surface area contributed by atoms with Gasteiger partial charge in [0.2, 0.25) is 5.88 Å². The van der Waals surface area contributed by atoms with E-state index in [2.05, 4.69) is 65.4 Å². The molecule has 2 aromatic carbocycles. The van der Waals surface area contributed by atoms with Crippen LogP contribution in [-0.2, 0) is 6.42 Å². The maximum Gasteiger partial charge on any atom is 0.237 e. The summed E-state index contributed by atoms with van der Waals surface area (Å²) in [5.41, 5.74) is 8.09. The second-order valence-electron chi connectivity index (χ2n) is 6.25. The summed E-state index contributed by atoms with van der Waals surface area (Å²) in [6.45, 7) is 1.35. The summed E-state index contributed by atoms with van der Waals surface area (Å²) >= 11 is 4.21. The molecule has 5 heteroatoms. The number of benzene rings is 2. The zero-order chi connectivity index (χ0) is 18.2. The smallest absolute Gasteiger partial charge is 0.237 e. The van der Waals surface area contributed by atoms with E-state index < -0.39 is 0 Å². The highest BCUT2D eigenvalue weighted by Gasteiger charge is 2.07. The summed E-state index contributed by atoms with van der Waals surface area (Å²) in [5, 5.41) is 5.89. The van der Waals surface area contributed by atoms with Crippen molar-refractivity contribution in [2.24, 2.45) is 5.73 Å². The van der Waals surface area contributed by atoms with Crippen molar-refractivity contribution < 1.29 is 4.74 Å². The number of pyridine rings is 1. The Morgan fingerprint density at radius 1 is 1.08 bits per heavy atom. The minimum Gasteiger partial charge on any atom is -0.476 e. The Balaban J connectivity index is 1.59. The van der Waals surface area contributed by atoms with E-state index in [0.717, 1.165) is 25.1 Å². The topological polar surface area (TPSA) is 60.2 Å². The zero-order valence-electron chi connectivity index (χ0n) is 14.8. The van der Waals surface area contributed by atoms with Gasteiger partial charge in [0.25, 0.3) is 0 Å². The van der Waals surface area contributed by atoms with Gasteiger partial charge in [-0.2, -0.15) is 12.6 Å². The average molecular weight is 368 g/mol. The first kappa shape index (κ1) is 18.5. The molecule has 0 bridgehead atoms. The van der Waals surface area contributed by atoms with Crippen molar-refractivity contribution in [2.75, 3.05) is 24.2 Å². The summed E-state index contributed by atoms with van der Waals surface area (Å²) in [6, 6.07) is 18.8. The van der Waals surface area contributed by atoms with Gasteiger partial charge in [0, 0.05) is 31.0 Å². The fraction of sp³-hybridized carbons (Fsp3) is 0.286. The Labute approximate surface area is 160 Å². The van der Waals surface area contributed by atoms with Gasteiger partial charge in [-0.25, -0.2) is 4.98 Å². The Bertz CT molecular complexity index is 835. The molecule has 0 aliphatic heterocycles. The molecule has 1 heterocycles.